The van der Waals surface area contributed by atoms with E-state index in [2.05, 4.69) is 15.9 Å². The highest BCUT2D eigenvalue weighted by Gasteiger charge is 2.38. The first kappa shape index (κ1) is 20.7. The SMILES string of the molecule is Cc1ccc(OC[C@H]2O[C@@H](n3ccc(Br)cc3=O)C[C@@H]2Oc2ccc(C)cc2)cc1. The molecule has 3 atom stereocenters. The Labute approximate surface area is 184 Å². The highest BCUT2D eigenvalue weighted by molar-refractivity contribution is 9.10. The van der Waals surface area contributed by atoms with Gasteiger partial charge in [0.15, 0.2) is 0 Å². The Morgan fingerprint density at radius 2 is 1.63 bits per heavy atom. The fourth-order valence-corrected chi connectivity index (χ4v) is 3.77. The van der Waals surface area contributed by atoms with Gasteiger partial charge in [-0.15, -0.1) is 0 Å². The van der Waals surface area contributed by atoms with Crippen LogP contribution < -0.4 is 15.0 Å². The Bertz CT molecular complexity index is 1050. The van der Waals surface area contributed by atoms with Gasteiger partial charge in [-0.3, -0.25) is 9.36 Å². The van der Waals surface area contributed by atoms with Crippen LogP contribution in [-0.4, -0.2) is 23.4 Å². The van der Waals surface area contributed by atoms with E-state index in [1.54, 1.807) is 10.8 Å². The molecule has 1 fully saturated rings. The van der Waals surface area contributed by atoms with Gasteiger partial charge in [0.1, 0.15) is 36.5 Å². The molecule has 1 aromatic heterocycles. The third-order valence-electron chi connectivity index (χ3n) is 5.14. The summed E-state index contributed by atoms with van der Waals surface area (Å²) in [6.07, 6.45) is 1.33. The van der Waals surface area contributed by atoms with E-state index < -0.39 is 6.23 Å². The first-order valence-electron chi connectivity index (χ1n) is 9.94. The van der Waals surface area contributed by atoms with Crippen molar-refractivity contribution < 1.29 is 14.2 Å². The number of hydrogen-bond donors (Lipinski definition) is 0. The summed E-state index contributed by atoms with van der Waals surface area (Å²) in [6.45, 7) is 4.41. The van der Waals surface area contributed by atoms with Gasteiger partial charge in [-0.1, -0.05) is 51.3 Å². The monoisotopic (exact) mass is 469 g/mol. The van der Waals surface area contributed by atoms with E-state index in [0.717, 1.165) is 16.0 Å². The quantitative estimate of drug-likeness (QED) is 0.507. The van der Waals surface area contributed by atoms with E-state index in [-0.39, 0.29) is 17.8 Å². The summed E-state index contributed by atoms with van der Waals surface area (Å²) in [5.74, 6) is 1.56. The number of pyridine rings is 1. The summed E-state index contributed by atoms with van der Waals surface area (Å²) in [5.41, 5.74) is 2.22. The second-order valence-corrected chi connectivity index (χ2v) is 8.46. The molecule has 1 aliphatic rings. The van der Waals surface area contributed by atoms with Gasteiger partial charge < -0.3 is 14.2 Å². The predicted octanol–water partition coefficient (Wildman–Crippen LogP) is 5.04. The second-order valence-electron chi connectivity index (χ2n) is 7.55. The smallest absolute Gasteiger partial charge is 0.253 e. The molecule has 0 amide bonds. The number of nitrogens with zero attached hydrogens (tertiary/aromatic N) is 1. The first-order chi connectivity index (χ1) is 14.5. The lowest BCUT2D eigenvalue weighted by atomic mass is 10.1. The summed E-state index contributed by atoms with van der Waals surface area (Å²) >= 11 is 3.34. The maximum atomic E-state index is 12.4. The molecule has 4 rings (SSSR count). The highest BCUT2D eigenvalue weighted by Crippen LogP contribution is 2.32. The number of ether oxygens (including phenoxy) is 3. The van der Waals surface area contributed by atoms with Gasteiger partial charge >= 0.3 is 0 Å². The van der Waals surface area contributed by atoms with E-state index in [9.17, 15) is 4.79 Å². The molecule has 1 saturated heterocycles. The van der Waals surface area contributed by atoms with E-state index >= 15 is 0 Å². The molecule has 5 nitrogen and oxygen atoms in total. The van der Waals surface area contributed by atoms with Gasteiger partial charge in [0.2, 0.25) is 0 Å². The van der Waals surface area contributed by atoms with Crippen molar-refractivity contribution in [3.8, 4) is 11.5 Å². The van der Waals surface area contributed by atoms with Crippen molar-refractivity contribution in [2.24, 2.45) is 0 Å². The molecular weight excluding hydrogens is 446 g/mol. The average molecular weight is 470 g/mol. The molecule has 0 radical (unpaired) electrons. The minimum absolute atomic E-state index is 0.122. The van der Waals surface area contributed by atoms with E-state index in [4.69, 9.17) is 14.2 Å². The number of hydrogen-bond acceptors (Lipinski definition) is 4. The number of aromatic nitrogens is 1. The van der Waals surface area contributed by atoms with Crippen LogP contribution in [0.25, 0.3) is 0 Å². The van der Waals surface area contributed by atoms with Gasteiger partial charge in [-0.2, -0.15) is 0 Å². The maximum Gasteiger partial charge on any atom is 0.253 e. The van der Waals surface area contributed by atoms with Crippen molar-refractivity contribution >= 4 is 15.9 Å². The zero-order chi connectivity index (χ0) is 21.1. The third-order valence-corrected chi connectivity index (χ3v) is 5.64. The predicted molar refractivity (Wildman–Crippen MR) is 119 cm³/mol. The number of halogens is 1. The molecule has 0 bridgehead atoms. The molecule has 0 saturated carbocycles. The topological polar surface area (TPSA) is 49.7 Å². The van der Waals surface area contributed by atoms with Crippen LogP contribution in [0, 0.1) is 13.8 Å². The largest absolute Gasteiger partial charge is 0.491 e. The first-order valence-corrected chi connectivity index (χ1v) is 10.7. The molecule has 0 N–H and O–H groups in total. The lowest BCUT2D eigenvalue weighted by molar-refractivity contribution is -0.0367. The Kier molecular flexibility index (Phi) is 6.25. The number of benzene rings is 2. The lowest BCUT2D eigenvalue weighted by Gasteiger charge is -2.20. The van der Waals surface area contributed by atoms with Crippen molar-refractivity contribution in [1.82, 2.24) is 4.57 Å². The van der Waals surface area contributed by atoms with Crippen LogP contribution in [0.15, 0.2) is 76.1 Å². The second kappa shape index (κ2) is 9.06. The molecular formula is C24H24BrNO4. The van der Waals surface area contributed by atoms with Crippen molar-refractivity contribution in [3.05, 3.63) is 92.8 Å². The Balaban J connectivity index is 1.52. The Morgan fingerprint density at radius 3 is 2.27 bits per heavy atom. The van der Waals surface area contributed by atoms with Crippen LogP contribution in [0.2, 0.25) is 0 Å². The molecule has 30 heavy (non-hydrogen) atoms. The lowest BCUT2D eigenvalue weighted by Crippen LogP contribution is -2.32. The van der Waals surface area contributed by atoms with Crippen LogP contribution in [0.5, 0.6) is 11.5 Å². The van der Waals surface area contributed by atoms with Gasteiger partial charge in [-0.25, -0.2) is 0 Å². The molecule has 2 heterocycles. The van der Waals surface area contributed by atoms with Crippen molar-refractivity contribution in [1.29, 1.82) is 0 Å². The fourth-order valence-electron chi connectivity index (χ4n) is 3.45. The van der Waals surface area contributed by atoms with Crippen molar-refractivity contribution in [2.45, 2.75) is 38.7 Å². The van der Waals surface area contributed by atoms with Crippen LogP contribution in [0.3, 0.4) is 0 Å². The minimum atomic E-state index is -0.410. The summed E-state index contributed by atoms with van der Waals surface area (Å²) < 4.78 is 20.8. The normalized spacial score (nSPS) is 20.8. The standard InChI is InChI=1S/C24H24BrNO4/c1-16-3-7-19(8-4-16)28-15-22-21(29-20-9-5-17(2)6-10-20)14-24(30-22)26-12-11-18(25)13-23(26)27/h3-13,21-22,24H,14-15H2,1-2H3/t21-,22+,24+/m0/s1. The Hall–Kier alpha value is -2.57. The van der Waals surface area contributed by atoms with E-state index in [0.29, 0.717) is 13.0 Å². The number of rotatable bonds is 6. The van der Waals surface area contributed by atoms with Crippen LogP contribution >= 0.6 is 15.9 Å². The molecule has 3 aromatic rings. The van der Waals surface area contributed by atoms with Gasteiger partial charge in [0.25, 0.3) is 5.56 Å². The zero-order valence-electron chi connectivity index (χ0n) is 17.0. The molecule has 0 aliphatic carbocycles. The summed E-state index contributed by atoms with van der Waals surface area (Å²) in [6, 6.07) is 19.2. The van der Waals surface area contributed by atoms with E-state index in [1.807, 2.05) is 68.4 Å². The van der Waals surface area contributed by atoms with Crippen LogP contribution in [0.1, 0.15) is 23.8 Å². The fraction of sp³-hybridized carbons (Fsp3) is 0.292. The molecule has 2 aromatic carbocycles. The molecule has 0 unspecified atom stereocenters. The number of aryl methyl sites for hydroxylation is 2. The Morgan fingerprint density at radius 1 is 1.00 bits per heavy atom. The molecule has 1 aliphatic heterocycles. The van der Waals surface area contributed by atoms with Gasteiger partial charge in [0, 0.05) is 23.2 Å². The van der Waals surface area contributed by atoms with E-state index in [1.165, 1.54) is 17.2 Å². The molecule has 6 heteroatoms. The van der Waals surface area contributed by atoms with Gasteiger partial charge in [0.05, 0.1) is 0 Å². The molecule has 156 valence electrons. The minimum Gasteiger partial charge on any atom is -0.491 e. The van der Waals surface area contributed by atoms with Crippen molar-refractivity contribution in [2.75, 3.05) is 6.61 Å². The zero-order valence-corrected chi connectivity index (χ0v) is 18.5. The summed E-state index contributed by atoms with van der Waals surface area (Å²) in [7, 11) is 0. The van der Waals surface area contributed by atoms with Crippen molar-refractivity contribution in [3.63, 3.8) is 0 Å². The van der Waals surface area contributed by atoms with Gasteiger partial charge in [-0.05, 0) is 44.2 Å². The molecule has 0 spiro atoms. The van der Waals surface area contributed by atoms with Crippen LogP contribution in [-0.2, 0) is 4.74 Å². The average Bonchev–Trinajstić information content (AvgIpc) is 3.11. The highest BCUT2D eigenvalue weighted by atomic mass is 79.9. The maximum absolute atomic E-state index is 12.4. The summed E-state index contributed by atoms with van der Waals surface area (Å²) in [4.78, 5) is 12.4. The third kappa shape index (κ3) is 4.94. The van der Waals surface area contributed by atoms with Crippen LogP contribution in [0.4, 0.5) is 0 Å². The summed E-state index contributed by atoms with van der Waals surface area (Å²) in [5, 5.41) is 0.